The Labute approximate surface area is 142 Å². The highest BCUT2D eigenvalue weighted by molar-refractivity contribution is 9.10. The molecule has 1 rings (SSSR count). The Morgan fingerprint density at radius 1 is 1.24 bits per heavy atom. The monoisotopic (exact) mass is 371 g/mol. The van der Waals surface area contributed by atoms with E-state index in [1.54, 1.807) is 0 Å². The Kier molecular flexibility index (Phi) is 7.63. The van der Waals surface area contributed by atoms with Gasteiger partial charge >= 0.3 is 0 Å². The standard InChI is InChI=1S/C16H26BrN3S/c1-11(2)20(12(3)4)9-8-18-16(21)19-14-6-7-15(17)13(5)10-14/h6-7,10-12H,8-9H2,1-5H3,(H2,18,19,21). The van der Waals surface area contributed by atoms with Crippen LogP contribution in [0.25, 0.3) is 0 Å². The molecule has 5 heteroatoms. The van der Waals surface area contributed by atoms with Crippen molar-refractivity contribution in [2.75, 3.05) is 18.4 Å². The predicted octanol–water partition coefficient (Wildman–Crippen LogP) is 4.16. The van der Waals surface area contributed by atoms with Crippen molar-refractivity contribution >= 4 is 38.9 Å². The molecule has 0 fully saturated rings. The van der Waals surface area contributed by atoms with Crippen LogP contribution in [0.4, 0.5) is 5.69 Å². The van der Waals surface area contributed by atoms with Crippen molar-refractivity contribution in [1.29, 1.82) is 0 Å². The minimum absolute atomic E-state index is 0.544. The van der Waals surface area contributed by atoms with E-state index < -0.39 is 0 Å². The van der Waals surface area contributed by atoms with Gasteiger partial charge in [-0.15, -0.1) is 0 Å². The first kappa shape index (κ1) is 18.4. The van der Waals surface area contributed by atoms with Gasteiger partial charge < -0.3 is 10.6 Å². The number of anilines is 1. The second-order valence-electron chi connectivity index (χ2n) is 5.77. The maximum Gasteiger partial charge on any atom is 0.170 e. The summed E-state index contributed by atoms with van der Waals surface area (Å²) >= 11 is 8.84. The van der Waals surface area contributed by atoms with Crippen molar-refractivity contribution < 1.29 is 0 Å². The average molecular weight is 372 g/mol. The van der Waals surface area contributed by atoms with Crippen LogP contribution in [0.2, 0.25) is 0 Å². The maximum atomic E-state index is 5.34. The minimum atomic E-state index is 0.544. The van der Waals surface area contributed by atoms with Crippen LogP contribution in [-0.2, 0) is 0 Å². The molecule has 0 aliphatic carbocycles. The Morgan fingerprint density at radius 2 is 1.86 bits per heavy atom. The molecule has 0 aliphatic rings. The molecule has 0 amide bonds. The maximum absolute atomic E-state index is 5.34. The highest BCUT2D eigenvalue weighted by Crippen LogP contribution is 2.19. The fourth-order valence-corrected chi connectivity index (χ4v) is 2.78. The van der Waals surface area contributed by atoms with E-state index in [1.165, 1.54) is 5.56 Å². The van der Waals surface area contributed by atoms with E-state index in [0.717, 1.165) is 23.2 Å². The first-order chi connectivity index (χ1) is 9.81. The Bertz CT molecular complexity index is 467. The molecule has 0 saturated heterocycles. The normalized spacial score (nSPS) is 11.3. The second kappa shape index (κ2) is 8.71. The van der Waals surface area contributed by atoms with E-state index in [-0.39, 0.29) is 0 Å². The van der Waals surface area contributed by atoms with E-state index in [0.29, 0.717) is 17.2 Å². The number of nitrogens with one attached hydrogen (secondary N) is 2. The molecule has 118 valence electrons. The Balaban J connectivity index is 2.42. The van der Waals surface area contributed by atoms with Gasteiger partial charge in [0.2, 0.25) is 0 Å². The molecular formula is C16H26BrN3S. The zero-order valence-corrected chi connectivity index (χ0v) is 15.9. The fourth-order valence-electron chi connectivity index (χ4n) is 2.31. The summed E-state index contributed by atoms with van der Waals surface area (Å²) in [7, 11) is 0. The number of thiocarbonyl (C=S) groups is 1. The van der Waals surface area contributed by atoms with Crippen LogP contribution in [0.3, 0.4) is 0 Å². The molecule has 0 saturated carbocycles. The van der Waals surface area contributed by atoms with Gasteiger partial charge in [-0.1, -0.05) is 15.9 Å². The van der Waals surface area contributed by atoms with Gasteiger partial charge in [-0.05, 0) is 70.6 Å². The van der Waals surface area contributed by atoms with Crippen LogP contribution >= 0.6 is 28.1 Å². The van der Waals surface area contributed by atoms with Gasteiger partial charge in [0, 0.05) is 35.3 Å². The van der Waals surface area contributed by atoms with Crippen molar-refractivity contribution in [2.45, 2.75) is 46.7 Å². The first-order valence-electron chi connectivity index (χ1n) is 7.38. The number of aryl methyl sites for hydroxylation is 1. The lowest BCUT2D eigenvalue weighted by molar-refractivity contribution is 0.178. The molecular weight excluding hydrogens is 346 g/mol. The van der Waals surface area contributed by atoms with Crippen LogP contribution in [0.15, 0.2) is 22.7 Å². The van der Waals surface area contributed by atoms with Gasteiger partial charge in [0.25, 0.3) is 0 Å². The molecule has 0 heterocycles. The topological polar surface area (TPSA) is 27.3 Å². The zero-order chi connectivity index (χ0) is 16.0. The molecule has 0 unspecified atom stereocenters. The van der Waals surface area contributed by atoms with E-state index in [2.05, 4.69) is 72.1 Å². The highest BCUT2D eigenvalue weighted by Gasteiger charge is 2.12. The lowest BCUT2D eigenvalue weighted by atomic mass is 10.2. The largest absolute Gasteiger partial charge is 0.361 e. The first-order valence-corrected chi connectivity index (χ1v) is 8.58. The predicted molar refractivity (Wildman–Crippen MR) is 100 cm³/mol. The number of hydrogen-bond acceptors (Lipinski definition) is 2. The van der Waals surface area contributed by atoms with Crippen molar-refractivity contribution in [1.82, 2.24) is 10.2 Å². The van der Waals surface area contributed by atoms with E-state index in [9.17, 15) is 0 Å². The Hall–Kier alpha value is -0.650. The molecule has 21 heavy (non-hydrogen) atoms. The molecule has 0 aromatic heterocycles. The fraction of sp³-hybridized carbons (Fsp3) is 0.562. The van der Waals surface area contributed by atoms with Crippen molar-refractivity contribution in [3.63, 3.8) is 0 Å². The lowest BCUT2D eigenvalue weighted by Crippen LogP contribution is -2.43. The highest BCUT2D eigenvalue weighted by atomic mass is 79.9. The molecule has 1 aromatic rings. The minimum Gasteiger partial charge on any atom is -0.361 e. The summed E-state index contributed by atoms with van der Waals surface area (Å²) in [5, 5.41) is 7.17. The van der Waals surface area contributed by atoms with Crippen LogP contribution < -0.4 is 10.6 Å². The summed E-state index contributed by atoms with van der Waals surface area (Å²) in [5.41, 5.74) is 2.20. The number of halogens is 1. The van der Waals surface area contributed by atoms with Crippen LogP contribution in [-0.4, -0.2) is 35.2 Å². The van der Waals surface area contributed by atoms with Gasteiger partial charge in [0.1, 0.15) is 0 Å². The van der Waals surface area contributed by atoms with Crippen LogP contribution in [0.1, 0.15) is 33.3 Å². The molecule has 2 N–H and O–H groups in total. The summed E-state index contributed by atoms with van der Waals surface area (Å²) < 4.78 is 1.11. The lowest BCUT2D eigenvalue weighted by Gasteiger charge is -2.30. The number of benzene rings is 1. The summed E-state index contributed by atoms with van der Waals surface area (Å²) in [6.07, 6.45) is 0. The van der Waals surface area contributed by atoms with Crippen LogP contribution in [0, 0.1) is 6.92 Å². The molecule has 0 bridgehead atoms. The molecule has 0 radical (unpaired) electrons. The van der Waals surface area contributed by atoms with E-state index >= 15 is 0 Å². The van der Waals surface area contributed by atoms with Gasteiger partial charge in [-0.25, -0.2) is 0 Å². The molecule has 0 atom stereocenters. The molecule has 0 aliphatic heterocycles. The number of rotatable bonds is 6. The number of hydrogen-bond donors (Lipinski definition) is 2. The smallest absolute Gasteiger partial charge is 0.170 e. The summed E-state index contributed by atoms with van der Waals surface area (Å²) in [5.74, 6) is 0. The number of nitrogens with zero attached hydrogens (tertiary/aromatic N) is 1. The Morgan fingerprint density at radius 3 is 2.38 bits per heavy atom. The molecule has 0 spiro atoms. The van der Waals surface area contributed by atoms with Crippen molar-refractivity contribution in [2.24, 2.45) is 0 Å². The van der Waals surface area contributed by atoms with Crippen molar-refractivity contribution in [3.8, 4) is 0 Å². The average Bonchev–Trinajstić information content (AvgIpc) is 2.38. The molecule has 3 nitrogen and oxygen atoms in total. The SMILES string of the molecule is Cc1cc(NC(=S)NCCN(C(C)C)C(C)C)ccc1Br. The van der Waals surface area contributed by atoms with Gasteiger partial charge in [-0.3, -0.25) is 4.90 Å². The van der Waals surface area contributed by atoms with Gasteiger partial charge in [0.05, 0.1) is 0 Å². The van der Waals surface area contributed by atoms with E-state index in [1.807, 2.05) is 12.1 Å². The van der Waals surface area contributed by atoms with Gasteiger partial charge in [-0.2, -0.15) is 0 Å². The summed E-state index contributed by atoms with van der Waals surface area (Å²) in [6, 6.07) is 7.20. The summed E-state index contributed by atoms with van der Waals surface area (Å²) in [4.78, 5) is 2.44. The third-order valence-corrected chi connectivity index (χ3v) is 4.53. The van der Waals surface area contributed by atoms with E-state index in [4.69, 9.17) is 12.2 Å². The quantitative estimate of drug-likeness (QED) is 0.734. The zero-order valence-electron chi connectivity index (χ0n) is 13.5. The second-order valence-corrected chi connectivity index (χ2v) is 7.03. The van der Waals surface area contributed by atoms with Gasteiger partial charge in [0.15, 0.2) is 5.11 Å². The summed E-state index contributed by atoms with van der Waals surface area (Å²) in [6.45, 7) is 12.8. The van der Waals surface area contributed by atoms with Crippen LogP contribution in [0.5, 0.6) is 0 Å². The molecule has 1 aromatic carbocycles. The van der Waals surface area contributed by atoms with Crippen molar-refractivity contribution in [3.05, 3.63) is 28.2 Å². The third kappa shape index (κ3) is 6.32. The third-order valence-electron chi connectivity index (χ3n) is 3.40.